The van der Waals surface area contributed by atoms with Gasteiger partial charge >= 0.3 is 11.9 Å². The molecule has 1 aromatic rings. The lowest BCUT2D eigenvalue weighted by molar-refractivity contribution is -0.166. The molecule has 1 aliphatic rings. The number of ether oxygens (including phenoxy) is 2. The topological polar surface area (TPSA) is 65.7 Å². The molecule has 5 nitrogen and oxygen atoms in total. The molecule has 0 fully saturated rings. The van der Waals surface area contributed by atoms with Crippen LogP contribution in [-0.2, 0) is 31.1 Å². The summed E-state index contributed by atoms with van der Waals surface area (Å²) in [6, 6.07) is 0. The van der Waals surface area contributed by atoms with Crippen molar-refractivity contribution in [2.75, 3.05) is 7.11 Å². The molecule has 0 radical (unpaired) electrons. The van der Waals surface area contributed by atoms with Crippen molar-refractivity contribution in [3.05, 3.63) is 23.7 Å². The Balaban J connectivity index is 2.60. The normalized spacial score (nSPS) is 23.5. The third-order valence-electron chi connectivity index (χ3n) is 2.97. The molecule has 0 saturated carbocycles. The summed E-state index contributed by atoms with van der Waals surface area (Å²) < 4.78 is 14.7. The molecule has 0 bridgehead atoms. The van der Waals surface area contributed by atoms with Gasteiger partial charge in [-0.15, -0.1) is 0 Å². The van der Waals surface area contributed by atoms with E-state index in [1.165, 1.54) is 19.6 Å². The third kappa shape index (κ3) is 1.17. The second-order valence-corrected chi connectivity index (χ2v) is 3.64. The van der Waals surface area contributed by atoms with E-state index in [1.54, 1.807) is 6.92 Å². The predicted molar refractivity (Wildman–Crippen MR) is 52.5 cm³/mol. The van der Waals surface area contributed by atoms with Crippen LogP contribution in [0.5, 0.6) is 0 Å². The highest BCUT2D eigenvalue weighted by Gasteiger charge is 2.53. The maximum Gasteiger partial charge on any atom is 0.328 e. The molecular weight excluding hydrogens is 212 g/mol. The molecule has 0 N–H and O–H groups in total. The van der Waals surface area contributed by atoms with Crippen molar-refractivity contribution in [3.8, 4) is 0 Å². The Labute approximate surface area is 92.3 Å². The first-order valence-electron chi connectivity index (χ1n) is 4.98. The lowest BCUT2D eigenvalue weighted by atomic mass is 9.76. The Morgan fingerprint density at radius 3 is 2.94 bits per heavy atom. The van der Waals surface area contributed by atoms with Gasteiger partial charge in [0.2, 0.25) is 0 Å². The quantitative estimate of drug-likeness (QED) is 0.557. The standard InChI is InChI=1S/C11H12O5/c1-3-11(9(12)14-2)8-6-15-4-7(8)5-16-10(11)13/h4,6H,3,5H2,1-2H3/t11-/m1/s1. The van der Waals surface area contributed by atoms with E-state index < -0.39 is 17.4 Å². The van der Waals surface area contributed by atoms with Crippen LogP contribution in [0.25, 0.3) is 0 Å². The van der Waals surface area contributed by atoms with E-state index >= 15 is 0 Å². The Morgan fingerprint density at radius 1 is 1.56 bits per heavy atom. The van der Waals surface area contributed by atoms with Crippen LogP contribution in [0.3, 0.4) is 0 Å². The van der Waals surface area contributed by atoms with Gasteiger partial charge in [-0.1, -0.05) is 6.92 Å². The van der Waals surface area contributed by atoms with Gasteiger partial charge in [-0.3, -0.25) is 9.59 Å². The lowest BCUT2D eigenvalue weighted by Gasteiger charge is -2.30. The van der Waals surface area contributed by atoms with Crippen molar-refractivity contribution in [3.63, 3.8) is 0 Å². The molecule has 16 heavy (non-hydrogen) atoms. The van der Waals surface area contributed by atoms with Gasteiger partial charge in [0.05, 0.1) is 19.6 Å². The van der Waals surface area contributed by atoms with Crippen molar-refractivity contribution < 1.29 is 23.5 Å². The molecule has 1 atom stereocenters. The van der Waals surface area contributed by atoms with E-state index in [0.29, 0.717) is 11.1 Å². The van der Waals surface area contributed by atoms with Crippen LogP contribution in [0, 0.1) is 0 Å². The average molecular weight is 224 g/mol. The molecule has 0 aromatic carbocycles. The van der Waals surface area contributed by atoms with Gasteiger partial charge in [0, 0.05) is 11.1 Å². The van der Waals surface area contributed by atoms with Crippen LogP contribution >= 0.6 is 0 Å². The highest BCUT2D eigenvalue weighted by molar-refractivity contribution is 6.07. The molecule has 0 aliphatic carbocycles. The summed E-state index contributed by atoms with van der Waals surface area (Å²) in [5.41, 5.74) is -0.0973. The van der Waals surface area contributed by atoms with Crippen LogP contribution in [0.1, 0.15) is 24.5 Å². The fraction of sp³-hybridized carbons (Fsp3) is 0.455. The number of carbonyl (C=O) groups excluding carboxylic acids is 2. The number of esters is 2. The van der Waals surface area contributed by atoms with Crippen LogP contribution in [-0.4, -0.2) is 19.0 Å². The number of carbonyl (C=O) groups is 2. The van der Waals surface area contributed by atoms with E-state index in [2.05, 4.69) is 0 Å². The minimum Gasteiger partial charge on any atom is -0.472 e. The third-order valence-corrected chi connectivity index (χ3v) is 2.97. The van der Waals surface area contributed by atoms with Gasteiger partial charge in [0.1, 0.15) is 6.61 Å². The minimum absolute atomic E-state index is 0.142. The minimum atomic E-state index is -1.37. The van der Waals surface area contributed by atoms with Crippen LogP contribution in [0.15, 0.2) is 16.9 Å². The zero-order valence-electron chi connectivity index (χ0n) is 9.11. The van der Waals surface area contributed by atoms with E-state index in [-0.39, 0.29) is 13.0 Å². The van der Waals surface area contributed by atoms with Crippen molar-refractivity contribution in [2.24, 2.45) is 0 Å². The van der Waals surface area contributed by atoms with Crippen LogP contribution < -0.4 is 0 Å². The Hall–Kier alpha value is -1.78. The summed E-state index contributed by atoms with van der Waals surface area (Å²) in [6.45, 7) is 1.88. The van der Waals surface area contributed by atoms with Crippen molar-refractivity contribution >= 4 is 11.9 Å². The van der Waals surface area contributed by atoms with Gasteiger partial charge in [-0.05, 0) is 6.42 Å². The SMILES string of the molecule is CC[C@@]1(C(=O)OC)C(=O)OCc2cocc21. The Morgan fingerprint density at radius 2 is 2.31 bits per heavy atom. The van der Waals surface area contributed by atoms with Gasteiger partial charge < -0.3 is 13.9 Å². The largest absolute Gasteiger partial charge is 0.472 e. The number of rotatable bonds is 2. The molecule has 0 unspecified atom stereocenters. The first-order valence-corrected chi connectivity index (χ1v) is 4.98. The van der Waals surface area contributed by atoms with Gasteiger partial charge in [0.25, 0.3) is 0 Å². The molecule has 5 heteroatoms. The Bertz CT molecular complexity index is 433. The molecule has 2 heterocycles. The molecule has 0 saturated heterocycles. The van der Waals surface area contributed by atoms with Gasteiger partial charge in [0.15, 0.2) is 5.41 Å². The van der Waals surface area contributed by atoms with Crippen LogP contribution in [0.2, 0.25) is 0 Å². The maximum atomic E-state index is 11.8. The first kappa shape index (κ1) is 10.7. The highest BCUT2D eigenvalue weighted by Crippen LogP contribution is 2.38. The van der Waals surface area contributed by atoms with Crippen LogP contribution in [0.4, 0.5) is 0 Å². The summed E-state index contributed by atoms with van der Waals surface area (Å²) >= 11 is 0. The number of hydrogen-bond donors (Lipinski definition) is 0. The summed E-state index contributed by atoms with van der Waals surface area (Å²) in [7, 11) is 1.25. The molecule has 0 amide bonds. The van der Waals surface area contributed by atoms with E-state index in [1.807, 2.05) is 0 Å². The smallest absolute Gasteiger partial charge is 0.328 e. The number of fused-ring (bicyclic) bond motifs is 1. The monoisotopic (exact) mass is 224 g/mol. The zero-order chi connectivity index (χ0) is 11.8. The molecule has 0 spiro atoms. The van der Waals surface area contributed by atoms with E-state index in [9.17, 15) is 9.59 Å². The summed E-state index contributed by atoms with van der Waals surface area (Å²) in [5, 5.41) is 0. The molecule has 1 aromatic heterocycles. The Kier molecular flexibility index (Phi) is 2.46. The van der Waals surface area contributed by atoms with Crippen molar-refractivity contribution in [2.45, 2.75) is 25.4 Å². The molecular formula is C11H12O5. The van der Waals surface area contributed by atoms with E-state index in [4.69, 9.17) is 13.9 Å². The summed E-state index contributed by atoms with van der Waals surface area (Å²) in [4.78, 5) is 23.7. The van der Waals surface area contributed by atoms with Crippen molar-refractivity contribution in [1.29, 1.82) is 0 Å². The predicted octanol–water partition coefficient (Wildman–Crippen LogP) is 1.16. The first-order chi connectivity index (χ1) is 7.66. The van der Waals surface area contributed by atoms with Gasteiger partial charge in [-0.2, -0.15) is 0 Å². The average Bonchev–Trinajstić information content (AvgIpc) is 2.77. The number of methoxy groups -OCH3 is 1. The summed E-state index contributed by atoms with van der Waals surface area (Å²) in [6.07, 6.45) is 3.18. The molecule has 2 rings (SSSR count). The van der Waals surface area contributed by atoms with Crippen molar-refractivity contribution in [1.82, 2.24) is 0 Å². The number of cyclic esters (lactones) is 1. The second kappa shape index (κ2) is 3.66. The summed E-state index contributed by atoms with van der Waals surface area (Å²) in [5.74, 6) is -1.18. The van der Waals surface area contributed by atoms with E-state index in [0.717, 1.165) is 0 Å². The fourth-order valence-corrected chi connectivity index (χ4v) is 2.03. The maximum absolute atomic E-state index is 11.8. The zero-order valence-corrected chi connectivity index (χ0v) is 9.11. The number of furan rings is 1. The second-order valence-electron chi connectivity index (χ2n) is 3.64. The lowest BCUT2D eigenvalue weighted by Crippen LogP contribution is -2.47. The van der Waals surface area contributed by atoms with Gasteiger partial charge in [-0.25, -0.2) is 0 Å². The molecule has 1 aliphatic heterocycles. The molecule has 86 valence electrons. The fourth-order valence-electron chi connectivity index (χ4n) is 2.03. The number of hydrogen-bond acceptors (Lipinski definition) is 5. The highest BCUT2D eigenvalue weighted by atomic mass is 16.6.